The van der Waals surface area contributed by atoms with Crippen molar-refractivity contribution in [3.05, 3.63) is 64.0 Å². The molecule has 0 fully saturated rings. The minimum atomic E-state index is -0.587. The van der Waals surface area contributed by atoms with Crippen molar-refractivity contribution in [2.45, 2.75) is 13.3 Å². The number of fused-ring (bicyclic) bond motifs is 1. The summed E-state index contributed by atoms with van der Waals surface area (Å²) in [4.78, 5) is 24.5. The summed E-state index contributed by atoms with van der Waals surface area (Å²) >= 11 is 0. The van der Waals surface area contributed by atoms with E-state index in [4.69, 9.17) is 9.15 Å². The van der Waals surface area contributed by atoms with Crippen LogP contribution >= 0.6 is 0 Å². The molecule has 6 nitrogen and oxygen atoms in total. The summed E-state index contributed by atoms with van der Waals surface area (Å²) in [6.45, 7) is 1.75. The Bertz CT molecular complexity index is 1010. The highest BCUT2D eigenvalue weighted by Gasteiger charge is 2.15. The van der Waals surface area contributed by atoms with Crippen molar-refractivity contribution in [1.29, 1.82) is 0 Å². The number of amides is 1. The Morgan fingerprint density at radius 3 is 2.80 bits per heavy atom. The first-order chi connectivity index (χ1) is 12.0. The highest BCUT2D eigenvalue weighted by atomic mass is 16.5. The van der Waals surface area contributed by atoms with Gasteiger partial charge in [-0.25, -0.2) is 4.79 Å². The SMILES string of the molecule is COc1cccc(NC(=O)Cc2c(C)c3ccc(O)cc3oc2=O)c1. The van der Waals surface area contributed by atoms with Gasteiger partial charge in [0, 0.05) is 23.2 Å². The standard InChI is InChI=1S/C19H17NO5/c1-11-15-7-6-13(21)9-17(15)25-19(23)16(11)10-18(22)20-12-4-3-5-14(8-12)24-2/h3-9,21H,10H2,1-2H3,(H,20,22). The summed E-state index contributed by atoms with van der Waals surface area (Å²) in [5, 5.41) is 12.9. The number of nitrogens with one attached hydrogen (secondary N) is 1. The van der Waals surface area contributed by atoms with Crippen molar-refractivity contribution >= 4 is 22.6 Å². The predicted octanol–water partition coefficient (Wildman–Crippen LogP) is 3.00. The van der Waals surface area contributed by atoms with Gasteiger partial charge < -0.3 is 19.6 Å². The predicted molar refractivity (Wildman–Crippen MR) is 94.2 cm³/mol. The van der Waals surface area contributed by atoms with Crippen molar-refractivity contribution in [2.75, 3.05) is 12.4 Å². The maximum atomic E-state index is 12.3. The van der Waals surface area contributed by atoms with Gasteiger partial charge in [0.05, 0.1) is 19.1 Å². The number of hydrogen-bond acceptors (Lipinski definition) is 5. The number of benzene rings is 2. The summed E-state index contributed by atoms with van der Waals surface area (Å²) in [6.07, 6.45) is -0.109. The summed E-state index contributed by atoms with van der Waals surface area (Å²) in [7, 11) is 1.54. The Kier molecular flexibility index (Phi) is 4.43. The van der Waals surface area contributed by atoms with Crippen LogP contribution in [0.1, 0.15) is 11.1 Å². The number of phenolic OH excluding ortho intramolecular Hbond substituents is 1. The smallest absolute Gasteiger partial charge is 0.340 e. The number of carbonyl (C=O) groups excluding carboxylic acids is 1. The molecule has 0 spiro atoms. The molecule has 0 bridgehead atoms. The second-order valence-electron chi connectivity index (χ2n) is 5.63. The van der Waals surface area contributed by atoms with Gasteiger partial charge in [-0.15, -0.1) is 0 Å². The summed E-state index contributed by atoms with van der Waals surface area (Å²) in [6, 6.07) is 11.5. The monoisotopic (exact) mass is 339 g/mol. The number of methoxy groups -OCH3 is 1. The first kappa shape index (κ1) is 16.6. The van der Waals surface area contributed by atoms with Gasteiger partial charge in [-0.3, -0.25) is 4.79 Å². The Morgan fingerprint density at radius 2 is 2.04 bits per heavy atom. The Hall–Kier alpha value is -3.28. The summed E-state index contributed by atoms with van der Waals surface area (Å²) < 4.78 is 10.3. The van der Waals surface area contributed by atoms with Crippen LogP contribution < -0.4 is 15.7 Å². The summed E-state index contributed by atoms with van der Waals surface area (Å²) in [5.74, 6) is 0.305. The zero-order valence-corrected chi connectivity index (χ0v) is 13.8. The van der Waals surface area contributed by atoms with E-state index in [1.165, 1.54) is 12.1 Å². The molecule has 1 aromatic heterocycles. The molecule has 0 unspecified atom stereocenters. The molecule has 1 heterocycles. The van der Waals surface area contributed by atoms with Crippen LogP contribution in [0.5, 0.6) is 11.5 Å². The van der Waals surface area contributed by atoms with Crippen LogP contribution in [0.2, 0.25) is 0 Å². The number of aryl methyl sites for hydroxylation is 1. The van der Waals surface area contributed by atoms with Crippen molar-refractivity contribution in [3.8, 4) is 11.5 Å². The lowest BCUT2D eigenvalue weighted by Gasteiger charge is -2.09. The first-order valence-corrected chi connectivity index (χ1v) is 7.67. The number of ether oxygens (including phenoxy) is 1. The molecule has 0 aliphatic heterocycles. The van der Waals surface area contributed by atoms with Crippen LogP contribution in [-0.4, -0.2) is 18.1 Å². The van der Waals surface area contributed by atoms with Crippen molar-refractivity contribution in [3.63, 3.8) is 0 Å². The van der Waals surface area contributed by atoms with E-state index in [1.807, 2.05) is 0 Å². The Balaban J connectivity index is 1.88. The lowest BCUT2D eigenvalue weighted by molar-refractivity contribution is -0.115. The normalized spacial score (nSPS) is 10.6. The van der Waals surface area contributed by atoms with Gasteiger partial charge >= 0.3 is 5.63 Å². The van der Waals surface area contributed by atoms with Gasteiger partial charge in [-0.2, -0.15) is 0 Å². The van der Waals surface area contributed by atoms with Gasteiger partial charge in [0.2, 0.25) is 5.91 Å². The van der Waals surface area contributed by atoms with Crippen LogP contribution in [0.4, 0.5) is 5.69 Å². The minimum Gasteiger partial charge on any atom is -0.508 e. The van der Waals surface area contributed by atoms with Crippen molar-refractivity contribution < 1.29 is 19.1 Å². The molecule has 128 valence electrons. The molecule has 2 N–H and O–H groups in total. The average molecular weight is 339 g/mol. The second-order valence-corrected chi connectivity index (χ2v) is 5.63. The third-order valence-electron chi connectivity index (χ3n) is 3.96. The molecule has 2 aromatic carbocycles. The zero-order chi connectivity index (χ0) is 18.0. The third-order valence-corrected chi connectivity index (χ3v) is 3.96. The fraction of sp³-hybridized carbons (Fsp3) is 0.158. The van der Waals surface area contributed by atoms with E-state index in [-0.39, 0.29) is 18.1 Å². The van der Waals surface area contributed by atoms with Gasteiger partial charge in [0.1, 0.15) is 17.1 Å². The number of hydrogen-bond donors (Lipinski definition) is 2. The molecule has 3 rings (SSSR count). The molecule has 0 aliphatic rings. The molecule has 1 amide bonds. The highest BCUT2D eigenvalue weighted by Crippen LogP contribution is 2.24. The van der Waals surface area contributed by atoms with E-state index in [0.717, 1.165) is 0 Å². The molecular weight excluding hydrogens is 322 g/mol. The number of carbonyl (C=O) groups is 1. The van der Waals surface area contributed by atoms with E-state index in [2.05, 4.69) is 5.32 Å². The van der Waals surface area contributed by atoms with E-state index >= 15 is 0 Å². The quantitative estimate of drug-likeness (QED) is 0.713. The topological polar surface area (TPSA) is 88.8 Å². The van der Waals surface area contributed by atoms with Crippen LogP contribution in [0.25, 0.3) is 11.0 Å². The third kappa shape index (κ3) is 3.47. The van der Waals surface area contributed by atoms with Crippen LogP contribution in [0, 0.1) is 6.92 Å². The molecular formula is C19H17NO5. The Morgan fingerprint density at radius 1 is 1.24 bits per heavy atom. The molecule has 6 heteroatoms. The zero-order valence-electron chi connectivity index (χ0n) is 13.8. The first-order valence-electron chi connectivity index (χ1n) is 7.67. The molecule has 0 radical (unpaired) electrons. The molecule has 0 aliphatic carbocycles. The van der Waals surface area contributed by atoms with E-state index in [1.54, 1.807) is 44.4 Å². The van der Waals surface area contributed by atoms with Gasteiger partial charge in [-0.1, -0.05) is 6.07 Å². The second kappa shape index (κ2) is 6.68. The van der Waals surface area contributed by atoms with Crippen LogP contribution in [0.15, 0.2) is 51.7 Å². The maximum Gasteiger partial charge on any atom is 0.340 e. The summed E-state index contributed by atoms with van der Waals surface area (Å²) in [5.41, 5.74) is 1.23. The van der Waals surface area contributed by atoms with Gasteiger partial charge in [0.25, 0.3) is 0 Å². The van der Waals surface area contributed by atoms with Gasteiger partial charge in [-0.05, 0) is 36.8 Å². The molecule has 0 saturated heterocycles. The van der Waals surface area contributed by atoms with E-state index in [0.29, 0.717) is 33.5 Å². The largest absolute Gasteiger partial charge is 0.508 e. The fourth-order valence-corrected chi connectivity index (χ4v) is 2.65. The van der Waals surface area contributed by atoms with Crippen molar-refractivity contribution in [2.24, 2.45) is 0 Å². The average Bonchev–Trinajstić information content (AvgIpc) is 2.58. The number of aromatic hydroxyl groups is 1. The Labute approximate surface area is 143 Å². The maximum absolute atomic E-state index is 12.3. The van der Waals surface area contributed by atoms with Crippen LogP contribution in [-0.2, 0) is 11.2 Å². The number of phenols is 1. The van der Waals surface area contributed by atoms with Crippen molar-refractivity contribution in [1.82, 2.24) is 0 Å². The van der Waals surface area contributed by atoms with Gasteiger partial charge in [0.15, 0.2) is 0 Å². The molecule has 3 aromatic rings. The lowest BCUT2D eigenvalue weighted by Crippen LogP contribution is -2.20. The minimum absolute atomic E-state index is 0.0126. The number of rotatable bonds is 4. The highest BCUT2D eigenvalue weighted by molar-refractivity contribution is 5.93. The number of anilines is 1. The molecule has 0 atom stereocenters. The van der Waals surface area contributed by atoms with Crippen LogP contribution in [0.3, 0.4) is 0 Å². The van der Waals surface area contributed by atoms with E-state index in [9.17, 15) is 14.7 Å². The molecule has 0 saturated carbocycles. The molecule has 25 heavy (non-hydrogen) atoms. The van der Waals surface area contributed by atoms with E-state index < -0.39 is 5.63 Å². The lowest BCUT2D eigenvalue weighted by atomic mass is 10.0. The fourth-order valence-electron chi connectivity index (χ4n) is 2.65.